The van der Waals surface area contributed by atoms with Crippen LogP contribution in [0.3, 0.4) is 0 Å². The molecule has 0 aromatic carbocycles. The molecule has 2 aliphatic rings. The predicted octanol–water partition coefficient (Wildman–Crippen LogP) is 9.68. The van der Waals surface area contributed by atoms with Gasteiger partial charge in [-0.15, -0.1) is 0 Å². The molecule has 3 rings (SSSR count). The van der Waals surface area contributed by atoms with Crippen molar-refractivity contribution >= 4 is 29.0 Å². The molecule has 0 bridgehead atoms. The lowest BCUT2D eigenvalue weighted by atomic mass is 9.84. The minimum atomic E-state index is -0.806. The van der Waals surface area contributed by atoms with Gasteiger partial charge in [0.15, 0.2) is 11.6 Å². The zero-order valence-electron chi connectivity index (χ0n) is 28.1. The van der Waals surface area contributed by atoms with Crippen LogP contribution in [0, 0.1) is 0 Å². The van der Waals surface area contributed by atoms with Crippen LogP contribution in [0.25, 0.3) is 5.57 Å². The molecular weight excluding hydrogens is 594 g/mol. The van der Waals surface area contributed by atoms with E-state index in [2.05, 4.69) is 41.8 Å². The Morgan fingerprint density at radius 3 is 2.47 bits per heavy atom. The van der Waals surface area contributed by atoms with Gasteiger partial charge in [0.05, 0.1) is 11.3 Å². The number of aromatic amines is 1. The van der Waals surface area contributed by atoms with E-state index >= 15 is 4.39 Å². The molecule has 9 heteroatoms. The van der Waals surface area contributed by atoms with E-state index in [1.54, 1.807) is 13.0 Å². The number of aromatic nitrogens is 1. The number of halogens is 3. The number of carbonyl (C=O) groups is 1. The predicted molar refractivity (Wildman–Crippen MR) is 185 cm³/mol. The van der Waals surface area contributed by atoms with Crippen molar-refractivity contribution in [2.75, 3.05) is 6.54 Å². The minimum Gasteiger partial charge on any atom is -0.436 e. The largest absolute Gasteiger partial charge is 0.436 e. The standard InChI is InChI=1S/C30H39ClFN3O2.C6H14FN/c1-6-10-13-20(9-4)30(35-24(31)12-8-3)37-19(5)27(32)25-21(14-11-7-2)15-16-22-26-23(34-28(22)25)17-18-33-29(26)36;1-3-5(7)6(8)4-2/h9,12,14,34H,5-8,10-11,13,15-18H2,1-4H3,(H,33,36);5-6H,3-4,8H2,1-2H3/b20-9-,21-14-,24-12+,27-25-,35-30+;. The van der Waals surface area contributed by atoms with Crippen LogP contribution in [0.1, 0.15) is 127 Å². The number of hydrogen-bond acceptors (Lipinski definition) is 4. The van der Waals surface area contributed by atoms with Gasteiger partial charge in [-0.3, -0.25) is 4.79 Å². The van der Waals surface area contributed by atoms with Gasteiger partial charge in [-0.25, -0.2) is 13.8 Å². The van der Waals surface area contributed by atoms with Gasteiger partial charge in [-0.1, -0.05) is 77.8 Å². The molecule has 0 saturated heterocycles. The van der Waals surface area contributed by atoms with Crippen molar-refractivity contribution in [1.29, 1.82) is 0 Å². The topological polar surface area (TPSA) is 92.5 Å². The summed E-state index contributed by atoms with van der Waals surface area (Å²) in [4.78, 5) is 20.5. The number of ether oxygens (including phenoxy) is 1. The summed E-state index contributed by atoms with van der Waals surface area (Å²) in [5.41, 5.74) is 10.5. The number of allylic oxidation sites excluding steroid dienone is 6. The third kappa shape index (κ3) is 10.5. The molecule has 1 aliphatic carbocycles. The van der Waals surface area contributed by atoms with E-state index in [0.717, 1.165) is 60.9 Å². The second-order valence-electron chi connectivity index (χ2n) is 11.3. The minimum absolute atomic E-state index is 0.102. The smallest absolute Gasteiger partial charge is 0.253 e. The van der Waals surface area contributed by atoms with Crippen molar-refractivity contribution in [2.24, 2.45) is 10.7 Å². The highest BCUT2D eigenvalue weighted by molar-refractivity contribution is 6.30. The molecule has 0 saturated carbocycles. The van der Waals surface area contributed by atoms with Crippen LogP contribution >= 0.6 is 11.6 Å². The fourth-order valence-corrected chi connectivity index (χ4v) is 5.53. The van der Waals surface area contributed by atoms with Crippen LogP contribution in [0.5, 0.6) is 0 Å². The quantitative estimate of drug-likeness (QED) is 0.0862. The monoisotopic (exact) mass is 646 g/mol. The third-order valence-corrected chi connectivity index (χ3v) is 8.22. The maximum atomic E-state index is 16.3. The summed E-state index contributed by atoms with van der Waals surface area (Å²) in [7, 11) is 0. The van der Waals surface area contributed by atoms with Gasteiger partial charge in [0.2, 0.25) is 5.90 Å². The Balaban J connectivity index is 0.000000777. The van der Waals surface area contributed by atoms with Gasteiger partial charge in [-0.2, -0.15) is 0 Å². The van der Waals surface area contributed by atoms with Crippen molar-refractivity contribution in [3.8, 4) is 0 Å². The van der Waals surface area contributed by atoms with Crippen LogP contribution in [0.15, 0.2) is 57.7 Å². The number of carbonyl (C=O) groups excluding carboxylic acids is 1. The lowest BCUT2D eigenvalue weighted by molar-refractivity contribution is 0.0945. The maximum absolute atomic E-state index is 16.3. The van der Waals surface area contributed by atoms with Gasteiger partial charge < -0.3 is 20.8 Å². The maximum Gasteiger partial charge on any atom is 0.253 e. The number of alkyl halides is 1. The second kappa shape index (κ2) is 19.5. The molecule has 45 heavy (non-hydrogen) atoms. The fraction of sp³-hybridized carbons (Fsp3) is 0.556. The average Bonchev–Trinajstić information content (AvgIpc) is 3.42. The number of amides is 1. The lowest BCUT2D eigenvalue weighted by Crippen LogP contribution is -2.32. The Morgan fingerprint density at radius 2 is 1.89 bits per heavy atom. The normalized spacial score (nSPS) is 18.8. The van der Waals surface area contributed by atoms with Crippen molar-refractivity contribution in [2.45, 2.75) is 124 Å². The zero-order chi connectivity index (χ0) is 33.5. The van der Waals surface area contributed by atoms with Crippen LogP contribution in [-0.2, 0) is 17.6 Å². The molecular formula is C36H53ClF2N4O2. The highest BCUT2D eigenvalue weighted by Crippen LogP contribution is 2.42. The first-order valence-corrected chi connectivity index (χ1v) is 16.9. The first-order chi connectivity index (χ1) is 21.6. The Labute approximate surface area is 274 Å². The molecule has 0 radical (unpaired) electrons. The molecule has 6 nitrogen and oxygen atoms in total. The summed E-state index contributed by atoms with van der Waals surface area (Å²) < 4.78 is 34.8. The van der Waals surface area contributed by atoms with E-state index in [9.17, 15) is 9.18 Å². The number of nitrogens with zero attached hydrogens (tertiary/aromatic N) is 1. The highest BCUT2D eigenvalue weighted by atomic mass is 35.5. The number of nitrogens with two attached hydrogens (primary N) is 1. The van der Waals surface area contributed by atoms with Gasteiger partial charge in [-0.05, 0) is 75.5 Å². The van der Waals surface area contributed by atoms with Crippen molar-refractivity contribution in [1.82, 2.24) is 10.3 Å². The number of hydrogen-bond donors (Lipinski definition) is 3. The van der Waals surface area contributed by atoms with Crippen LogP contribution in [0.4, 0.5) is 8.78 Å². The molecule has 2 heterocycles. The molecule has 0 spiro atoms. The third-order valence-electron chi connectivity index (χ3n) is 7.98. The molecule has 4 N–H and O–H groups in total. The van der Waals surface area contributed by atoms with Crippen LogP contribution in [0.2, 0.25) is 0 Å². The molecule has 1 aromatic heterocycles. The summed E-state index contributed by atoms with van der Waals surface area (Å²) >= 11 is 6.32. The van der Waals surface area contributed by atoms with Crippen LogP contribution < -0.4 is 11.1 Å². The van der Waals surface area contributed by atoms with E-state index in [1.165, 1.54) is 0 Å². The van der Waals surface area contributed by atoms with Gasteiger partial charge >= 0.3 is 0 Å². The van der Waals surface area contributed by atoms with Crippen LogP contribution in [-0.4, -0.2) is 35.5 Å². The molecule has 2 atom stereocenters. The zero-order valence-corrected chi connectivity index (χ0v) is 28.8. The van der Waals surface area contributed by atoms with E-state index in [4.69, 9.17) is 22.1 Å². The Morgan fingerprint density at radius 1 is 1.16 bits per heavy atom. The molecule has 250 valence electrons. The summed E-state index contributed by atoms with van der Waals surface area (Å²) in [6.07, 6.45) is 13.4. The Hall–Kier alpha value is -2.97. The van der Waals surface area contributed by atoms with E-state index in [1.807, 2.05) is 26.8 Å². The molecule has 0 fully saturated rings. The summed E-state index contributed by atoms with van der Waals surface area (Å²) in [5.74, 6) is -0.531. The van der Waals surface area contributed by atoms with E-state index in [-0.39, 0.29) is 23.6 Å². The van der Waals surface area contributed by atoms with E-state index in [0.29, 0.717) is 60.6 Å². The highest BCUT2D eigenvalue weighted by Gasteiger charge is 2.33. The first kappa shape index (κ1) is 38.2. The summed E-state index contributed by atoms with van der Waals surface area (Å²) in [6, 6.07) is -0.250. The molecule has 2 unspecified atom stereocenters. The summed E-state index contributed by atoms with van der Waals surface area (Å²) in [5, 5.41) is 3.20. The number of H-pyrrole nitrogens is 1. The number of rotatable bonds is 13. The Kier molecular flexibility index (Phi) is 16.6. The summed E-state index contributed by atoms with van der Waals surface area (Å²) in [6.45, 7) is 16.3. The number of fused-ring (bicyclic) bond motifs is 3. The first-order valence-electron chi connectivity index (χ1n) is 16.6. The van der Waals surface area contributed by atoms with Crippen molar-refractivity contribution < 1.29 is 18.3 Å². The lowest BCUT2D eigenvalue weighted by Gasteiger charge is -2.22. The van der Waals surface area contributed by atoms with Gasteiger partial charge in [0, 0.05) is 35.8 Å². The van der Waals surface area contributed by atoms with Crippen molar-refractivity contribution in [3.63, 3.8) is 0 Å². The number of aliphatic imine (C=N–C) groups is 1. The molecule has 1 amide bonds. The fourth-order valence-electron chi connectivity index (χ4n) is 5.30. The number of nitrogens with one attached hydrogen (secondary N) is 2. The number of unbranched alkanes of at least 4 members (excludes halogenated alkanes) is 2. The van der Waals surface area contributed by atoms with Crippen molar-refractivity contribution in [3.05, 3.63) is 75.2 Å². The van der Waals surface area contributed by atoms with Gasteiger partial charge in [0.1, 0.15) is 11.3 Å². The second-order valence-corrected chi connectivity index (χ2v) is 11.7. The van der Waals surface area contributed by atoms with Gasteiger partial charge in [0.25, 0.3) is 5.91 Å². The average molecular weight is 647 g/mol. The van der Waals surface area contributed by atoms with E-state index < -0.39 is 12.0 Å². The SMILES string of the molecule is C=C(OC(=N/C(Cl)=C/CC)/C(=C\C)CCCC)/C(F)=C1\C(=C/CCC)CCc2c1[nH]c1c2C(=O)NCC1.CCC(N)C(F)CC. The molecule has 1 aromatic rings. The molecule has 1 aliphatic heterocycles. The Bertz CT molecular complexity index is 1310.